The molecule has 0 amide bonds. The van der Waals surface area contributed by atoms with Gasteiger partial charge in [0.1, 0.15) is 11.8 Å². The van der Waals surface area contributed by atoms with Gasteiger partial charge in [0.2, 0.25) is 0 Å². The van der Waals surface area contributed by atoms with Crippen LogP contribution in [0.4, 0.5) is 0 Å². The summed E-state index contributed by atoms with van der Waals surface area (Å²) in [4.78, 5) is 63.5. The zero-order valence-corrected chi connectivity index (χ0v) is 29.2. The maximum Gasteiger partial charge on any atom is 0.180 e. The van der Waals surface area contributed by atoms with E-state index in [0.29, 0.717) is 61.1 Å². The highest BCUT2D eigenvalue weighted by atomic mass is 35.5. The summed E-state index contributed by atoms with van der Waals surface area (Å²) in [6, 6.07) is 37.2. The number of Topliss-reactive ketones (excluding diaryl/α,β-unsaturated/α-hetero) is 4. The highest BCUT2D eigenvalue weighted by molar-refractivity contribution is 6.36. The molecule has 0 N–H and O–H groups in total. The quantitative estimate of drug-likeness (QED) is 0.168. The van der Waals surface area contributed by atoms with Gasteiger partial charge in [-0.2, -0.15) is 0 Å². The summed E-state index contributed by atoms with van der Waals surface area (Å²) in [6.07, 6.45) is 0.500. The molecule has 2 aromatic heterocycles. The van der Waals surface area contributed by atoms with Crippen molar-refractivity contribution < 1.29 is 19.2 Å². The van der Waals surface area contributed by atoms with Gasteiger partial charge >= 0.3 is 0 Å². The van der Waals surface area contributed by atoms with E-state index in [1.54, 1.807) is 36.4 Å². The van der Waals surface area contributed by atoms with Crippen molar-refractivity contribution in [3.05, 3.63) is 176 Å². The molecule has 252 valence electrons. The zero-order valence-electron chi connectivity index (χ0n) is 27.7. The average Bonchev–Trinajstić information content (AvgIpc) is 3.55. The van der Waals surface area contributed by atoms with E-state index in [-0.39, 0.29) is 23.1 Å². The number of fused-ring (bicyclic) bond motifs is 6. The monoisotopic (exact) mass is 726 g/mol. The van der Waals surface area contributed by atoms with E-state index in [1.807, 2.05) is 84.9 Å². The second kappa shape index (κ2) is 11.7. The normalized spacial score (nSPS) is 14.7. The third-order valence-electron chi connectivity index (χ3n) is 10.5. The molecule has 10 rings (SSSR count). The first-order valence-corrected chi connectivity index (χ1v) is 17.9. The summed E-state index contributed by atoms with van der Waals surface area (Å²) in [6.45, 7) is 0. The van der Waals surface area contributed by atoms with E-state index in [0.717, 1.165) is 43.4 Å². The summed E-state index contributed by atoms with van der Waals surface area (Å²) in [5, 5.41) is 5.97. The van der Waals surface area contributed by atoms with E-state index < -0.39 is 11.8 Å². The molecule has 2 aliphatic rings. The summed E-state index contributed by atoms with van der Waals surface area (Å²) >= 11 is 13.6. The van der Waals surface area contributed by atoms with Crippen LogP contribution in [0.5, 0.6) is 0 Å². The lowest BCUT2D eigenvalue weighted by Gasteiger charge is -2.12. The van der Waals surface area contributed by atoms with Gasteiger partial charge in [0.05, 0.1) is 32.5 Å². The van der Waals surface area contributed by atoms with E-state index in [9.17, 15) is 19.2 Å². The number of hydrogen-bond donors (Lipinski definition) is 0. The van der Waals surface area contributed by atoms with Crippen LogP contribution < -0.4 is 0 Å². The lowest BCUT2D eigenvalue weighted by molar-refractivity contribution is 0.0872. The fraction of sp³-hybridized carbons (Fsp3) is 0.0667. The Balaban J connectivity index is 0.929. The van der Waals surface area contributed by atoms with Gasteiger partial charge in [-0.05, 0) is 99.8 Å². The number of halogens is 2. The first-order valence-electron chi connectivity index (χ1n) is 17.1. The molecular formula is C45H24Cl2N2O4. The van der Waals surface area contributed by atoms with Crippen LogP contribution in [0.2, 0.25) is 10.0 Å². The second-order valence-corrected chi connectivity index (χ2v) is 14.6. The molecule has 0 radical (unpaired) electrons. The molecule has 0 unspecified atom stereocenters. The molecule has 6 aromatic carbocycles. The zero-order chi connectivity index (χ0) is 36.1. The first-order chi connectivity index (χ1) is 25.7. The van der Waals surface area contributed by atoms with E-state index in [4.69, 9.17) is 33.2 Å². The standard InChI is InChI=1S/C45H24Cl2N2O4/c46-34-16-22(14-28-9-11-36(48-40(28)34)38-42(50)30-18-24-5-1-2-6-25(24)19-31(30)43(38)51)13-23-15-29-10-12-37(49-41(29)35(47)17-23)39-44(52)32-20-26-7-3-4-8-27(26)21-33(32)45(39)53/h1-12,14-21,38-39H,13H2. The van der Waals surface area contributed by atoms with Crippen LogP contribution in [0.25, 0.3) is 43.4 Å². The van der Waals surface area contributed by atoms with Gasteiger partial charge in [-0.15, -0.1) is 0 Å². The third kappa shape index (κ3) is 4.94. The fourth-order valence-electron chi connectivity index (χ4n) is 7.99. The number of rotatable bonds is 4. The maximum absolute atomic E-state index is 13.5. The van der Waals surface area contributed by atoms with Crippen molar-refractivity contribution in [3.8, 4) is 0 Å². The molecule has 53 heavy (non-hydrogen) atoms. The molecule has 2 heterocycles. The Morgan fingerprint density at radius 2 is 0.755 bits per heavy atom. The van der Waals surface area contributed by atoms with Crippen LogP contribution in [-0.4, -0.2) is 33.1 Å². The number of pyridine rings is 2. The Kier molecular flexibility index (Phi) is 7.00. The molecule has 0 fully saturated rings. The van der Waals surface area contributed by atoms with Gasteiger partial charge in [-0.3, -0.25) is 19.2 Å². The molecular weight excluding hydrogens is 703 g/mol. The SMILES string of the molecule is O=C1c2cc3ccccc3cc2C(=O)C1c1ccc2cc(Cc3cc(Cl)c4nc(C5C(=O)c6cc7ccccc7cc6C5=O)ccc4c3)cc(Cl)c2n1. The molecule has 0 saturated carbocycles. The van der Waals surface area contributed by atoms with E-state index >= 15 is 0 Å². The lowest BCUT2D eigenvalue weighted by Crippen LogP contribution is -2.14. The fourth-order valence-corrected chi connectivity index (χ4v) is 8.57. The highest BCUT2D eigenvalue weighted by Gasteiger charge is 2.42. The van der Waals surface area contributed by atoms with Gasteiger partial charge in [-0.25, -0.2) is 9.97 Å². The molecule has 8 aromatic rings. The Morgan fingerprint density at radius 3 is 1.09 bits per heavy atom. The van der Waals surface area contributed by atoms with Gasteiger partial charge in [-0.1, -0.05) is 83.9 Å². The Hall–Kier alpha value is -6.08. The van der Waals surface area contributed by atoms with Gasteiger partial charge < -0.3 is 0 Å². The first kappa shape index (κ1) is 31.6. The number of ketones is 4. The van der Waals surface area contributed by atoms with Gasteiger partial charge in [0, 0.05) is 33.0 Å². The molecule has 0 aliphatic heterocycles. The molecule has 0 spiro atoms. The minimum absolute atomic E-state index is 0.259. The van der Waals surface area contributed by atoms with Crippen molar-refractivity contribution >= 4 is 89.7 Å². The van der Waals surface area contributed by atoms with Crippen LogP contribution in [0, 0.1) is 0 Å². The molecule has 0 saturated heterocycles. The highest BCUT2D eigenvalue weighted by Crippen LogP contribution is 2.39. The predicted molar refractivity (Wildman–Crippen MR) is 207 cm³/mol. The van der Waals surface area contributed by atoms with Crippen molar-refractivity contribution in [1.29, 1.82) is 0 Å². The van der Waals surface area contributed by atoms with E-state index in [2.05, 4.69) is 0 Å². The van der Waals surface area contributed by atoms with Crippen LogP contribution in [-0.2, 0) is 6.42 Å². The number of benzene rings is 6. The molecule has 0 atom stereocenters. The number of nitrogens with zero attached hydrogens (tertiary/aromatic N) is 2. The number of carbonyl (C=O) groups is 4. The Bertz CT molecular complexity index is 2700. The molecule has 2 aliphatic carbocycles. The van der Waals surface area contributed by atoms with Crippen LogP contribution in [0.1, 0.15) is 75.8 Å². The van der Waals surface area contributed by atoms with Crippen LogP contribution >= 0.6 is 23.2 Å². The minimum atomic E-state index is -1.02. The van der Waals surface area contributed by atoms with Crippen molar-refractivity contribution in [2.75, 3.05) is 0 Å². The summed E-state index contributed by atoms with van der Waals surface area (Å²) in [7, 11) is 0. The van der Waals surface area contributed by atoms with Crippen molar-refractivity contribution in [3.63, 3.8) is 0 Å². The van der Waals surface area contributed by atoms with Crippen molar-refractivity contribution in [2.45, 2.75) is 18.3 Å². The summed E-state index contributed by atoms with van der Waals surface area (Å²) in [5.41, 5.74) is 5.26. The lowest BCUT2D eigenvalue weighted by atomic mass is 9.96. The van der Waals surface area contributed by atoms with Crippen LogP contribution in [0.15, 0.2) is 121 Å². The van der Waals surface area contributed by atoms with Crippen LogP contribution in [0.3, 0.4) is 0 Å². The second-order valence-electron chi connectivity index (χ2n) is 13.8. The minimum Gasteiger partial charge on any atom is -0.293 e. The summed E-state index contributed by atoms with van der Waals surface area (Å²) in [5.74, 6) is -3.07. The Morgan fingerprint density at radius 1 is 0.415 bits per heavy atom. The molecule has 6 nitrogen and oxygen atoms in total. The molecule has 8 heteroatoms. The van der Waals surface area contributed by atoms with Crippen molar-refractivity contribution in [1.82, 2.24) is 9.97 Å². The maximum atomic E-state index is 13.5. The Labute approximate surface area is 312 Å². The number of aromatic nitrogens is 2. The van der Waals surface area contributed by atoms with E-state index in [1.165, 1.54) is 0 Å². The average molecular weight is 728 g/mol. The third-order valence-corrected chi connectivity index (χ3v) is 11.1. The van der Waals surface area contributed by atoms with Gasteiger partial charge in [0.15, 0.2) is 23.1 Å². The number of hydrogen-bond acceptors (Lipinski definition) is 6. The largest absolute Gasteiger partial charge is 0.293 e. The summed E-state index contributed by atoms with van der Waals surface area (Å²) < 4.78 is 0. The van der Waals surface area contributed by atoms with Crippen molar-refractivity contribution in [2.24, 2.45) is 0 Å². The number of carbonyl (C=O) groups excluding carboxylic acids is 4. The predicted octanol–water partition coefficient (Wildman–Crippen LogP) is 10.3. The van der Waals surface area contributed by atoms with Gasteiger partial charge in [0.25, 0.3) is 0 Å². The topological polar surface area (TPSA) is 94.1 Å². The molecule has 0 bridgehead atoms. The smallest absolute Gasteiger partial charge is 0.180 e.